The number of hydrogen-bond donors (Lipinski definition) is 2. The number of anilines is 2. The molecular formula is C24H28N4O5S2. The predicted octanol–water partition coefficient (Wildman–Crippen LogP) is 4.89. The van der Waals surface area contributed by atoms with Crippen LogP contribution in [-0.4, -0.2) is 49.1 Å². The summed E-state index contributed by atoms with van der Waals surface area (Å²) in [5, 5.41) is 13.9. The molecule has 3 rings (SSSR count). The van der Waals surface area contributed by atoms with Crippen molar-refractivity contribution in [1.82, 2.24) is 10.2 Å². The van der Waals surface area contributed by atoms with E-state index in [1.807, 2.05) is 24.3 Å². The third-order valence-corrected chi connectivity index (χ3v) is 6.91. The summed E-state index contributed by atoms with van der Waals surface area (Å²) in [4.78, 5) is 25.0. The van der Waals surface area contributed by atoms with Crippen LogP contribution in [0.3, 0.4) is 0 Å². The minimum atomic E-state index is -0.405. The smallest absolute Gasteiger partial charge is 0.257 e. The molecule has 186 valence electrons. The van der Waals surface area contributed by atoms with Gasteiger partial charge in [0.1, 0.15) is 0 Å². The van der Waals surface area contributed by atoms with Gasteiger partial charge in [-0.25, -0.2) is 0 Å². The number of ether oxygens (including phenoxy) is 3. The molecule has 3 aromatic rings. The number of carbonyl (C=O) groups is 2. The molecule has 0 atom stereocenters. The third kappa shape index (κ3) is 7.33. The van der Waals surface area contributed by atoms with Gasteiger partial charge in [0.25, 0.3) is 5.91 Å². The lowest BCUT2D eigenvalue weighted by molar-refractivity contribution is -0.113. The highest BCUT2D eigenvalue weighted by atomic mass is 32.2. The summed E-state index contributed by atoms with van der Waals surface area (Å²) in [6, 6.07) is 11.0. The van der Waals surface area contributed by atoms with Crippen LogP contribution in [0.4, 0.5) is 10.8 Å². The molecule has 0 spiro atoms. The molecule has 0 aliphatic rings. The zero-order valence-corrected chi connectivity index (χ0v) is 21.7. The number of thioether (sulfide) groups is 1. The lowest BCUT2D eigenvalue weighted by Crippen LogP contribution is -2.13. The van der Waals surface area contributed by atoms with E-state index in [4.69, 9.17) is 14.2 Å². The average molecular weight is 517 g/mol. The number of unbranched alkanes of at least 4 members (excludes halogenated alkanes) is 1. The lowest BCUT2D eigenvalue weighted by atomic mass is 10.1. The maximum absolute atomic E-state index is 12.7. The van der Waals surface area contributed by atoms with Gasteiger partial charge in [0.2, 0.25) is 16.8 Å². The Kier molecular flexibility index (Phi) is 9.74. The Balaban J connectivity index is 1.54. The van der Waals surface area contributed by atoms with E-state index in [1.54, 1.807) is 12.1 Å². The molecule has 35 heavy (non-hydrogen) atoms. The van der Waals surface area contributed by atoms with Gasteiger partial charge in [0, 0.05) is 11.3 Å². The van der Waals surface area contributed by atoms with Crippen LogP contribution in [0, 0.1) is 0 Å². The van der Waals surface area contributed by atoms with Crippen LogP contribution in [0.2, 0.25) is 0 Å². The van der Waals surface area contributed by atoms with Gasteiger partial charge in [0.15, 0.2) is 15.8 Å². The maximum atomic E-state index is 12.7. The molecule has 0 fully saturated rings. The van der Waals surface area contributed by atoms with Gasteiger partial charge in [-0.05, 0) is 42.7 Å². The van der Waals surface area contributed by atoms with E-state index in [0.29, 0.717) is 32.3 Å². The summed E-state index contributed by atoms with van der Waals surface area (Å²) in [6.45, 7) is 2.16. The maximum Gasteiger partial charge on any atom is 0.257 e. The Labute approximate surface area is 212 Å². The number of aromatic nitrogens is 2. The Hall–Kier alpha value is -3.31. The molecule has 0 saturated carbocycles. The summed E-state index contributed by atoms with van der Waals surface area (Å²) in [7, 11) is 4.45. The van der Waals surface area contributed by atoms with Crippen molar-refractivity contribution in [2.45, 2.75) is 30.5 Å². The number of benzene rings is 2. The second-order valence-corrected chi connectivity index (χ2v) is 9.58. The van der Waals surface area contributed by atoms with Crippen molar-refractivity contribution in [1.29, 1.82) is 0 Å². The van der Waals surface area contributed by atoms with Crippen molar-refractivity contribution >= 4 is 45.7 Å². The highest BCUT2D eigenvalue weighted by Gasteiger charge is 2.18. The van der Waals surface area contributed by atoms with Gasteiger partial charge in [0.05, 0.1) is 27.1 Å². The van der Waals surface area contributed by atoms with Crippen molar-refractivity contribution < 1.29 is 23.8 Å². The third-order valence-electron chi connectivity index (χ3n) is 4.94. The SMILES string of the molecule is CCCCc1ccc(NC(=O)CSc2nnc(NC(=O)c3cc(OC)c(OC)c(OC)c3)s2)cc1. The number of nitrogens with one attached hydrogen (secondary N) is 2. The number of methoxy groups -OCH3 is 3. The van der Waals surface area contributed by atoms with Gasteiger partial charge in [-0.3, -0.25) is 14.9 Å². The molecule has 2 aromatic carbocycles. The average Bonchev–Trinajstić information content (AvgIpc) is 3.33. The Morgan fingerprint density at radius 1 is 0.971 bits per heavy atom. The quantitative estimate of drug-likeness (QED) is 0.259. The van der Waals surface area contributed by atoms with Gasteiger partial charge in [-0.2, -0.15) is 0 Å². The topological polar surface area (TPSA) is 112 Å². The van der Waals surface area contributed by atoms with Crippen molar-refractivity contribution in [2.24, 2.45) is 0 Å². The molecule has 0 aliphatic heterocycles. The number of amides is 2. The van der Waals surface area contributed by atoms with Crippen molar-refractivity contribution in [2.75, 3.05) is 37.7 Å². The zero-order valence-electron chi connectivity index (χ0n) is 20.0. The van der Waals surface area contributed by atoms with Gasteiger partial charge >= 0.3 is 0 Å². The lowest BCUT2D eigenvalue weighted by Gasteiger charge is -2.13. The fourth-order valence-electron chi connectivity index (χ4n) is 3.16. The number of rotatable bonds is 12. The first kappa shape index (κ1) is 26.3. The van der Waals surface area contributed by atoms with E-state index in [2.05, 4.69) is 27.8 Å². The number of aryl methyl sites for hydroxylation is 1. The molecule has 0 bridgehead atoms. The minimum absolute atomic E-state index is 0.144. The first-order valence-electron chi connectivity index (χ1n) is 10.9. The molecule has 0 unspecified atom stereocenters. The summed E-state index contributed by atoms with van der Waals surface area (Å²) < 4.78 is 16.4. The first-order chi connectivity index (χ1) is 17.0. The number of carbonyl (C=O) groups excluding carboxylic acids is 2. The Morgan fingerprint density at radius 3 is 2.26 bits per heavy atom. The highest BCUT2D eigenvalue weighted by Crippen LogP contribution is 2.38. The fraction of sp³-hybridized carbons (Fsp3) is 0.333. The molecular weight excluding hydrogens is 488 g/mol. The molecule has 1 aromatic heterocycles. The van der Waals surface area contributed by atoms with Crippen LogP contribution in [0.25, 0.3) is 0 Å². The summed E-state index contributed by atoms with van der Waals surface area (Å²) in [6.07, 6.45) is 3.34. The largest absolute Gasteiger partial charge is 0.493 e. The van der Waals surface area contributed by atoms with Crippen molar-refractivity contribution in [3.63, 3.8) is 0 Å². The van der Waals surface area contributed by atoms with Crippen LogP contribution in [0.1, 0.15) is 35.7 Å². The second-order valence-electron chi connectivity index (χ2n) is 7.38. The molecule has 1 heterocycles. The van der Waals surface area contributed by atoms with E-state index in [1.165, 1.54) is 50.0 Å². The molecule has 0 radical (unpaired) electrons. The molecule has 0 aliphatic carbocycles. The normalized spacial score (nSPS) is 10.5. The van der Waals surface area contributed by atoms with Crippen LogP contribution in [0.15, 0.2) is 40.7 Å². The fourth-order valence-corrected chi connectivity index (χ4v) is 4.71. The predicted molar refractivity (Wildman–Crippen MR) is 138 cm³/mol. The minimum Gasteiger partial charge on any atom is -0.493 e. The zero-order chi connectivity index (χ0) is 25.2. The summed E-state index contributed by atoms with van der Waals surface area (Å²) >= 11 is 2.43. The van der Waals surface area contributed by atoms with E-state index < -0.39 is 5.91 Å². The van der Waals surface area contributed by atoms with E-state index in [-0.39, 0.29) is 11.7 Å². The van der Waals surface area contributed by atoms with E-state index >= 15 is 0 Å². The Bertz CT molecular complexity index is 1130. The molecule has 2 amide bonds. The van der Waals surface area contributed by atoms with Crippen LogP contribution in [-0.2, 0) is 11.2 Å². The van der Waals surface area contributed by atoms with Crippen LogP contribution < -0.4 is 24.8 Å². The standard InChI is InChI=1S/C24H28N4O5S2/c1-5-6-7-15-8-10-17(11-9-15)25-20(29)14-34-24-28-27-23(35-24)26-22(30)16-12-18(31-2)21(33-4)19(13-16)32-3/h8-13H,5-7,14H2,1-4H3,(H,25,29)(H,26,27,30). The van der Waals surface area contributed by atoms with Crippen LogP contribution in [0.5, 0.6) is 17.2 Å². The summed E-state index contributed by atoms with van der Waals surface area (Å²) in [5.41, 5.74) is 2.32. The van der Waals surface area contributed by atoms with Crippen molar-refractivity contribution in [3.8, 4) is 17.2 Å². The van der Waals surface area contributed by atoms with E-state index in [0.717, 1.165) is 24.9 Å². The first-order valence-corrected chi connectivity index (χ1v) is 12.7. The molecule has 11 heteroatoms. The molecule has 0 saturated heterocycles. The Morgan fingerprint density at radius 2 is 1.66 bits per heavy atom. The summed E-state index contributed by atoms with van der Waals surface area (Å²) in [5.74, 6) is 0.755. The second kappa shape index (κ2) is 13.0. The molecule has 9 nitrogen and oxygen atoms in total. The number of nitrogens with zero attached hydrogens (tertiary/aromatic N) is 2. The monoisotopic (exact) mass is 516 g/mol. The van der Waals surface area contributed by atoms with E-state index in [9.17, 15) is 9.59 Å². The van der Waals surface area contributed by atoms with Crippen molar-refractivity contribution in [3.05, 3.63) is 47.5 Å². The highest BCUT2D eigenvalue weighted by molar-refractivity contribution is 8.01. The van der Waals surface area contributed by atoms with Gasteiger partial charge < -0.3 is 19.5 Å². The molecule has 2 N–H and O–H groups in total. The van der Waals surface area contributed by atoms with Gasteiger partial charge in [-0.15, -0.1) is 10.2 Å². The van der Waals surface area contributed by atoms with Gasteiger partial charge in [-0.1, -0.05) is 48.6 Å². The number of hydrogen-bond acceptors (Lipinski definition) is 9. The van der Waals surface area contributed by atoms with Crippen LogP contribution >= 0.6 is 23.1 Å².